The Hall–Kier alpha value is -2.55. The molecule has 0 atom stereocenters. The van der Waals surface area contributed by atoms with Crippen LogP contribution >= 0.6 is 0 Å². The Kier molecular flexibility index (Phi) is 6.93. The summed E-state index contributed by atoms with van der Waals surface area (Å²) in [6.45, 7) is 0.469. The van der Waals surface area contributed by atoms with Gasteiger partial charge in [0.05, 0.1) is 17.5 Å². The molecule has 9 heteroatoms. The largest absolute Gasteiger partial charge is 0.416 e. The van der Waals surface area contributed by atoms with Gasteiger partial charge in [0.2, 0.25) is 15.9 Å². The monoisotopic (exact) mass is 454 g/mol. The molecule has 1 saturated heterocycles. The molecule has 1 aliphatic rings. The lowest BCUT2D eigenvalue weighted by atomic mass is 9.90. The van der Waals surface area contributed by atoms with E-state index < -0.39 is 34.2 Å². The number of sulfonamides is 1. The second kappa shape index (κ2) is 9.30. The van der Waals surface area contributed by atoms with Crippen LogP contribution in [0, 0.1) is 5.92 Å². The first-order chi connectivity index (χ1) is 14.5. The molecule has 1 aliphatic heterocycles. The average Bonchev–Trinajstić information content (AvgIpc) is 2.72. The molecule has 1 heterocycles. The molecule has 31 heavy (non-hydrogen) atoms. The van der Waals surface area contributed by atoms with E-state index in [1.807, 2.05) is 18.2 Å². The maximum Gasteiger partial charge on any atom is 0.416 e. The first-order valence-electron chi connectivity index (χ1n) is 10.0. The third-order valence-electron chi connectivity index (χ3n) is 5.48. The fourth-order valence-electron chi connectivity index (χ4n) is 3.79. The third kappa shape index (κ3) is 6.22. The number of likely N-dealkylation sites (tertiary alicyclic amines) is 1. The standard InChI is InChI=1S/C22H25F3N2O3S/c1-31(29,30)27(20-9-5-8-19(15-20)22(23,24)25)16-21(28)26-12-10-18(11-13-26)14-17-6-3-2-4-7-17/h2-9,15,18H,10-14,16H2,1H3. The van der Waals surface area contributed by atoms with Gasteiger partial charge in [0, 0.05) is 13.1 Å². The Morgan fingerprint density at radius 1 is 1.06 bits per heavy atom. The van der Waals surface area contributed by atoms with Crippen molar-refractivity contribution in [1.82, 2.24) is 4.90 Å². The summed E-state index contributed by atoms with van der Waals surface area (Å²) in [7, 11) is -3.95. The minimum Gasteiger partial charge on any atom is -0.341 e. The SMILES string of the molecule is CS(=O)(=O)N(CC(=O)N1CCC(Cc2ccccc2)CC1)c1cccc(C(F)(F)F)c1. The van der Waals surface area contributed by atoms with Crippen molar-refractivity contribution in [3.05, 3.63) is 65.7 Å². The highest BCUT2D eigenvalue weighted by atomic mass is 32.2. The van der Waals surface area contributed by atoms with Crippen LogP contribution in [0.4, 0.5) is 18.9 Å². The smallest absolute Gasteiger partial charge is 0.341 e. The van der Waals surface area contributed by atoms with Crippen LogP contribution in [0.25, 0.3) is 0 Å². The van der Waals surface area contributed by atoms with E-state index in [0.717, 1.165) is 48.0 Å². The lowest BCUT2D eigenvalue weighted by molar-refractivity contribution is -0.137. The number of piperidine rings is 1. The second-order valence-corrected chi connectivity index (χ2v) is 9.74. The number of carbonyl (C=O) groups is 1. The van der Waals surface area contributed by atoms with Crippen molar-refractivity contribution in [2.24, 2.45) is 5.92 Å². The van der Waals surface area contributed by atoms with E-state index in [9.17, 15) is 26.4 Å². The normalized spacial score (nSPS) is 15.7. The molecule has 1 amide bonds. The van der Waals surface area contributed by atoms with Crippen molar-refractivity contribution in [3.63, 3.8) is 0 Å². The van der Waals surface area contributed by atoms with Gasteiger partial charge in [-0.05, 0) is 48.9 Å². The predicted molar refractivity (Wildman–Crippen MR) is 113 cm³/mol. The molecule has 0 N–H and O–H groups in total. The zero-order valence-electron chi connectivity index (χ0n) is 17.2. The van der Waals surface area contributed by atoms with Crippen molar-refractivity contribution in [2.45, 2.75) is 25.4 Å². The van der Waals surface area contributed by atoms with Gasteiger partial charge < -0.3 is 4.90 Å². The minimum atomic E-state index is -4.61. The predicted octanol–water partition coefficient (Wildman–Crippen LogP) is 3.95. The summed E-state index contributed by atoms with van der Waals surface area (Å²) >= 11 is 0. The number of rotatable bonds is 6. The van der Waals surface area contributed by atoms with Crippen molar-refractivity contribution >= 4 is 21.6 Å². The highest BCUT2D eigenvalue weighted by Gasteiger charge is 2.32. The van der Waals surface area contributed by atoms with E-state index in [0.29, 0.717) is 19.0 Å². The summed E-state index contributed by atoms with van der Waals surface area (Å²) in [6, 6.07) is 14.1. The summed E-state index contributed by atoms with van der Waals surface area (Å²) in [4.78, 5) is 14.4. The molecule has 0 bridgehead atoms. The second-order valence-electron chi connectivity index (χ2n) is 7.83. The van der Waals surface area contributed by atoms with Gasteiger partial charge in [-0.15, -0.1) is 0 Å². The van der Waals surface area contributed by atoms with Crippen LogP contribution in [0.15, 0.2) is 54.6 Å². The number of hydrogen-bond donors (Lipinski definition) is 0. The summed E-state index contributed by atoms with van der Waals surface area (Å²) in [5.41, 5.74) is 0.0949. The lowest BCUT2D eigenvalue weighted by Crippen LogP contribution is -2.46. The molecule has 0 spiro atoms. The maximum atomic E-state index is 13.0. The third-order valence-corrected chi connectivity index (χ3v) is 6.62. The zero-order valence-corrected chi connectivity index (χ0v) is 18.0. The lowest BCUT2D eigenvalue weighted by Gasteiger charge is -2.33. The summed E-state index contributed by atoms with van der Waals surface area (Å²) in [5, 5.41) is 0. The maximum absolute atomic E-state index is 13.0. The highest BCUT2D eigenvalue weighted by Crippen LogP contribution is 2.32. The minimum absolute atomic E-state index is 0.176. The topological polar surface area (TPSA) is 57.7 Å². The van der Waals surface area contributed by atoms with E-state index in [-0.39, 0.29) is 5.69 Å². The molecule has 0 radical (unpaired) electrons. The Morgan fingerprint density at radius 2 is 1.71 bits per heavy atom. The molecular weight excluding hydrogens is 429 g/mol. The number of hydrogen-bond acceptors (Lipinski definition) is 3. The molecular formula is C22H25F3N2O3S. The van der Waals surface area contributed by atoms with E-state index in [1.54, 1.807) is 4.90 Å². The molecule has 0 saturated carbocycles. The van der Waals surface area contributed by atoms with Gasteiger partial charge in [0.1, 0.15) is 6.54 Å². The first kappa shape index (κ1) is 23.1. The van der Waals surface area contributed by atoms with Crippen LogP contribution in [0.2, 0.25) is 0 Å². The molecule has 2 aromatic rings. The summed E-state index contributed by atoms with van der Waals surface area (Å²) in [6.07, 6.45) is -1.22. The van der Waals surface area contributed by atoms with Gasteiger partial charge in [0.15, 0.2) is 0 Å². The van der Waals surface area contributed by atoms with Crippen LogP contribution in [-0.2, 0) is 27.4 Å². The fourth-order valence-corrected chi connectivity index (χ4v) is 4.64. The van der Waals surface area contributed by atoms with E-state index >= 15 is 0 Å². The van der Waals surface area contributed by atoms with E-state index in [2.05, 4.69) is 12.1 Å². The van der Waals surface area contributed by atoms with E-state index in [4.69, 9.17) is 0 Å². The number of amides is 1. The molecule has 168 valence electrons. The Labute approximate surface area is 180 Å². The van der Waals surface area contributed by atoms with Gasteiger partial charge in [-0.2, -0.15) is 13.2 Å². The Balaban J connectivity index is 1.66. The van der Waals surface area contributed by atoms with Crippen molar-refractivity contribution in [1.29, 1.82) is 0 Å². The molecule has 2 aromatic carbocycles. The molecule has 0 aromatic heterocycles. The number of halogens is 3. The number of carbonyl (C=O) groups excluding carboxylic acids is 1. The molecule has 3 rings (SSSR count). The number of benzene rings is 2. The number of anilines is 1. The van der Waals surface area contributed by atoms with Crippen LogP contribution < -0.4 is 4.31 Å². The Morgan fingerprint density at radius 3 is 2.29 bits per heavy atom. The average molecular weight is 455 g/mol. The molecule has 5 nitrogen and oxygen atoms in total. The quantitative estimate of drug-likeness (QED) is 0.664. The van der Waals surface area contributed by atoms with Gasteiger partial charge in [0.25, 0.3) is 0 Å². The van der Waals surface area contributed by atoms with Crippen molar-refractivity contribution < 1.29 is 26.4 Å². The van der Waals surface area contributed by atoms with Gasteiger partial charge in [-0.3, -0.25) is 9.10 Å². The van der Waals surface area contributed by atoms with Crippen LogP contribution in [-0.4, -0.2) is 45.1 Å². The highest BCUT2D eigenvalue weighted by molar-refractivity contribution is 7.92. The fraction of sp³-hybridized carbons (Fsp3) is 0.409. The Bertz CT molecular complexity index is 1000. The van der Waals surface area contributed by atoms with Crippen molar-refractivity contribution in [3.8, 4) is 0 Å². The summed E-state index contributed by atoms with van der Waals surface area (Å²) < 4.78 is 64.3. The van der Waals surface area contributed by atoms with Crippen molar-refractivity contribution in [2.75, 3.05) is 30.2 Å². The molecule has 0 aliphatic carbocycles. The van der Waals surface area contributed by atoms with E-state index in [1.165, 1.54) is 11.6 Å². The van der Waals surface area contributed by atoms with Gasteiger partial charge in [-0.1, -0.05) is 36.4 Å². The van der Waals surface area contributed by atoms with Crippen LogP contribution in [0.1, 0.15) is 24.0 Å². The molecule has 0 unspecified atom stereocenters. The number of nitrogens with zero attached hydrogens (tertiary/aromatic N) is 2. The zero-order chi connectivity index (χ0) is 22.6. The number of alkyl halides is 3. The van der Waals surface area contributed by atoms with Gasteiger partial charge in [-0.25, -0.2) is 8.42 Å². The molecule has 1 fully saturated rings. The van der Waals surface area contributed by atoms with Gasteiger partial charge >= 0.3 is 6.18 Å². The van der Waals surface area contributed by atoms with Crippen LogP contribution in [0.3, 0.4) is 0 Å². The van der Waals surface area contributed by atoms with Crippen LogP contribution in [0.5, 0.6) is 0 Å². The summed E-state index contributed by atoms with van der Waals surface area (Å²) in [5.74, 6) is 0.0157. The first-order valence-corrected chi connectivity index (χ1v) is 11.9.